The number of amides is 1. The number of ether oxygens (including phenoxy) is 1. The summed E-state index contributed by atoms with van der Waals surface area (Å²) in [5.41, 5.74) is 1.58. The standard InChI is InChI=1S/C21H15Cl2N3O3/c1-29-19(27)12-26-11-14(15-5-2-3-8-18(15)26)9-13(10-24)21(28)25-17-7-4-6-16(22)20(17)23/h2-9,11H,12H2,1H3,(H,25,28)/b13-9+. The van der Waals surface area contributed by atoms with Crippen LogP contribution in [0.1, 0.15) is 5.56 Å². The number of fused-ring (bicyclic) bond motifs is 1. The molecule has 1 heterocycles. The number of methoxy groups -OCH3 is 1. The van der Waals surface area contributed by atoms with Gasteiger partial charge >= 0.3 is 5.97 Å². The number of carbonyl (C=O) groups is 2. The van der Waals surface area contributed by atoms with Crippen molar-refractivity contribution >= 4 is 57.7 Å². The molecule has 1 N–H and O–H groups in total. The molecular formula is C21H15Cl2N3O3. The third-order valence-corrected chi connectivity index (χ3v) is 5.03. The number of nitriles is 1. The molecule has 1 aromatic heterocycles. The molecule has 0 fully saturated rings. The first-order valence-corrected chi connectivity index (χ1v) is 9.22. The number of rotatable bonds is 5. The van der Waals surface area contributed by atoms with Gasteiger partial charge in [-0.05, 0) is 24.3 Å². The van der Waals surface area contributed by atoms with Crippen LogP contribution in [-0.4, -0.2) is 23.6 Å². The summed E-state index contributed by atoms with van der Waals surface area (Å²) in [6.45, 7) is 0.0110. The van der Waals surface area contributed by atoms with Crippen LogP contribution in [0.3, 0.4) is 0 Å². The van der Waals surface area contributed by atoms with Gasteiger partial charge in [0.05, 0.1) is 22.8 Å². The predicted molar refractivity (Wildman–Crippen MR) is 113 cm³/mol. The molecule has 0 saturated carbocycles. The van der Waals surface area contributed by atoms with E-state index in [1.807, 2.05) is 30.3 Å². The normalized spacial score (nSPS) is 11.2. The summed E-state index contributed by atoms with van der Waals surface area (Å²) < 4.78 is 6.43. The third-order valence-electron chi connectivity index (χ3n) is 4.21. The summed E-state index contributed by atoms with van der Waals surface area (Å²) in [6.07, 6.45) is 3.16. The summed E-state index contributed by atoms with van der Waals surface area (Å²) in [4.78, 5) is 24.3. The van der Waals surface area contributed by atoms with E-state index < -0.39 is 11.9 Å². The molecule has 0 atom stereocenters. The number of aromatic nitrogens is 1. The van der Waals surface area contributed by atoms with E-state index in [0.29, 0.717) is 11.3 Å². The SMILES string of the molecule is COC(=O)Cn1cc(/C=C(\C#N)C(=O)Nc2cccc(Cl)c2Cl)c2ccccc21. The smallest absolute Gasteiger partial charge is 0.325 e. The van der Waals surface area contributed by atoms with Crippen LogP contribution in [0.15, 0.2) is 54.2 Å². The molecule has 146 valence electrons. The molecule has 0 radical (unpaired) electrons. The summed E-state index contributed by atoms with van der Waals surface area (Å²) in [5, 5.41) is 13.4. The minimum Gasteiger partial charge on any atom is -0.468 e. The van der Waals surface area contributed by atoms with E-state index in [1.54, 1.807) is 29.0 Å². The molecule has 6 nitrogen and oxygen atoms in total. The quantitative estimate of drug-likeness (QED) is 0.364. The number of para-hydroxylation sites is 1. The minimum atomic E-state index is -0.624. The van der Waals surface area contributed by atoms with Crippen LogP contribution in [0.2, 0.25) is 10.0 Å². The maximum atomic E-state index is 12.6. The number of halogens is 2. The Kier molecular flexibility index (Phi) is 6.23. The molecule has 0 spiro atoms. The molecular weight excluding hydrogens is 413 g/mol. The van der Waals surface area contributed by atoms with Crippen molar-refractivity contribution in [3.05, 3.63) is 69.8 Å². The van der Waals surface area contributed by atoms with Gasteiger partial charge in [0.1, 0.15) is 18.2 Å². The molecule has 29 heavy (non-hydrogen) atoms. The molecule has 3 rings (SSSR count). The van der Waals surface area contributed by atoms with Crippen molar-refractivity contribution < 1.29 is 14.3 Å². The van der Waals surface area contributed by atoms with Gasteiger partial charge in [0.15, 0.2) is 0 Å². The highest BCUT2D eigenvalue weighted by atomic mass is 35.5. The zero-order chi connectivity index (χ0) is 21.0. The first-order valence-electron chi connectivity index (χ1n) is 8.46. The van der Waals surface area contributed by atoms with Gasteiger partial charge in [0, 0.05) is 22.7 Å². The first kappa shape index (κ1) is 20.5. The van der Waals surface area contributed by atoms with Crippen LogP contribution in [0, 0.1) is 11.3 Å². The Morgan fingerprint density at radius 3 is 2.69 bits per heavy atom. The van der Waals surface area contributed by atoms with Gasteiger partial charge in [0.2, 0.25) is 0 Å². The summed E-state index contributed by atoms with van der Waals surface area (Å²) >= 11 is 12.1. The molecule has 0 aliphatic carbocycles. The fraction of sp³-hybridized carbons (Fsp3) is 0.0952. The van der Waals surface area contributed by atoms with Crippen molar-refractivity contribution in [1.29, 1.82) is 5.26 Å². The van der Waals surface area contributed by atoms with Crippen molar-refractivity contribution in [3.8, 4) is 6.07 Å². The molecule has 3 aromatic rings. The zero-order valence-corrected chi connectivity index (χ0v) is 16.8. The third kappa shape index (κ3) is 4.43. The Balaban J connectivity index is 1.98. The van der Waals surface area contributed by atoms with Gasteiger partial charge in [-0.3, -0.25) is 9.59 Å². The summed E-state index contributed by atoms with van der Waals surface area (Å²) in [6, 6.07) is 14.1. The van der Waals surface area contributed by atoms with Crippen LogP contribution in [0.25, 0.3) is 17.0 Å². The lowest BCUT2D eigenvalue weighted by Gasteiger charge is -2.07. The van der Waals surface area contributed by atoms with Crippen LogP contribution in [0.5, 0.6) is 0 Å². The van der Waals surface area contributed by atoms with Gasteiger partial charge in [-0.2, -0.15) is 5.26 Å². The number of anilines is 1. The highest BCUT2D eigenvalue weighted by molar-refractivity contribution is 6.44. The van der Waals surface area contributed by atoms with Crippen molar-refractivity contribution in [3.63, 3.8) is 0 Å². The fourth-order valence-electron chi connectivity index (χ4n) is 2.82. The highest BCUT2D eigenvalue weighted by Gasteiger charge is 2.15. The van der Waals surface area contributed by atoms with E-state index in [2.05, 4.69) is 5.32 Å². The average Bonchev–Trinajstić information content (AvgIpc) is 3.06. The Bertz CT molecular complexity index is 1180. The van der Waals surface area contributed by atoms with Gasteiger partial charge in [-0.1, -0.05) is 47.5 Å². The lowest BCUT2D eigenvalue weighted by atomic mass is 10.1. The van der Waals surface area contributed by atoms with Gasteiger partial charge in [-0.25, -0.2) is 0 Å². The van der Waals surface area contributed by atoms with E-state index in [0.717, 1.165) is 10.9 Å². The van der Waals surface area contributed by atoms with E-state index in [1.165, 1.54) is 13.2 Å². The van der Waals surface area contributed by atoms with Crippen molar-refractivity contribution in [1.82, 2.24) is 4.57 Å². The molecule has 0 aliphatic heterocycles. The van der Waals surface area contributed by atoms with Crippen molar-refractivity contribution in [2.24, 2.45) is 0 Å². The number of hydrogen-bond acceptors (Lipinski definition) is 4. The Labute approximate surface area is 176 Å². The van der Waals surface area contributed by atoms with Crippen LogP contribution in [-0.2, 0) is 20.9 Å². The maximum absolute atomic E-state index is 12.6. The number of nitrogens with zero attached hydrogens (tertiary/aromatic N) is 2. The van der Waals surface area contributed by atoms with E-state index in [-0.39, 0.29) is 22.2 Å². The van der Waals surface area contributed by atoms with Crippen molar-refractivity contribution in [2.45, 2.75) is 6.54 Å². The Morgan fingerprint density at radius 1 is 1.21 bits per heavy atom. The number of hydrogen-bond donors (Lipinski definition) is 1. The van der Waals surface area contributed by atoms with Gasteiger partial charge in [0.25, 0.3) is 5.91 Å². The number of nitrogens with one attached hydrogen (secondary N) is 1. The zero-order valence-electron chi connectivity index (χ0n) is 15.3. The van der Waals surface area contributed by atoms with E-state index in [4.69, 9.17) is 27.9 Å². The largest absolute Gasteiger partial charge is 0.468 e. The molecule has 0 bridgehead atoms. The molecule has 0 unspecified atom stereocenters. The van der Waals surface area contributed by atoms with Crippen LogP contribution < -0.4 is 5.32 Å². The lowest BCUT2D eigenvalue weighted by Crippen LogP contribution is -2.13. The topological polar surface area (TPSA) is 84.1 Å². The minimum absolute atomic E-state index is 0.0110. The number of benzene rings is 2. The molecule has 0 aliphatic rings. The summed E-state index contributed by atoms with van der Waals surface area (Å²) in [7, 11) is 1.31. The second-order valence-corrected chi connectivity index (χ2v) is 6.82. The highest BCUT2D eigenvalue weighted by Crippen LogP contribution is 2.30. The molecule has 2 aromatic carbocycles. The first-order chi connectivity index (χ1) is 13.9. The monoisotopic (exact) mass is 427 g/mol. The molecule has 8 heteroatoms. The number of carbonyl (C=O) groups excluding carboxylic acids is 2. The fourth-order valence-corrected chi connectivity index (χ4v) is 3.17. The van der Waals surface area contributed by atoms with Crippen LogP contribution >= 0.6 is 23.2 Å². The maximum Gasteiger partial charge on any atom is 0.325 e. The Morgan fingerprint density at radius 2 is 1.97 bits per heavy atom. The second kappa shape index (κ2) is 8.82. The van der Waals surface area contributed by atoms with Crippen molar-refractivity contribution in [2.75, 3.05) is 12.4 Å². The van der Waals surface area contributed by atoms with Crippen LogP contribution in [0.4, 0.5) is 5.69 Å². The lowest BCUT2D eigenvalue weighted by molar-refractivity contribution is -0.141. The Hall–Kier alpha value is -3.27. The van der Waals surface area contributed by atoms with E-state index in [9.17, 15) is 14.9 Å². The second-order valence-electron chi connectivity index (χ2n) is 6.03. The summed E-state index contributed by atoms with van der Waals surface area (Å²) in [5.74, 6) is -1.03. The predicted octanol–water partition coefficient (Wildman–Crippen LogP) is 4.67. The number of esters is 1. The van der Waals surface area contributed by atoms with Gasteiger partial charge < -0.3 is 14.6 Å². The molecule has 0 saturated heterocycles. The molecule has 1 amide bonds. The van der Waals surface area contributed by atoms with Gasteiger partial charge in [-0.15, -0.1) is 0 Å². The van der Waals surface area contributed by atoms with E-state index >= 15 is 0 Å². The average molecular weight is 428 g/mol.